The van der Waals surface area contributed by atoms with Gasteiger partial charge in [-0.2, -0.15) is 5.10 Å². The summed E-state index contributed by atoms with van der Waals surface area (Å²) in [6.45, 7) is 7.93. The summed E-state index contributed by atoms with van der Waals surface area (Å²) in [5.74, 6) is 3.22. The first-order valence-electron chi connectivity index (χ1n) is 11.9. The first kappa shape index (κ1) is 23.0. The third-order valence-electron chi connectivity index (χ3n) is 6.74. The summed E-state index contributed by atoms with van der Waals surface area (Å²) in [6.07, 6.45) is 6.96. The van der Waals surface area contributed by atoms with E-state index in [4.69, 9.17) is 9.72 Å². The van der Waals surface area contributed by atoms with E-state index in [1.165, 1.54) is 11.8 Å². The minimum Gasteiger partial charge on any atom is -0.491 e. The van der Waals surface area contributed by atoms with Crippen LogP contribution in [0.2, 0.25) is 0 Å². The van der Waals surface area contributed by atoms with Crippen molar-refractivity contribution in [3.63, 3.8) is 0 Å². The largest absolute Gasteiger partial charge is 0.491 e. The molecule has 3 aromatic rings. The molecule has 0 amide bonds. The first-order chi connectivity index (χ1) is 16.3. The minimum absolute atomic E-state index is 0.204. The van der Waals surface area contributed by atoms with Crippen molar-refractivity contribution in [2.45, 2.75) is 45.2 Å². The molecule has 4 heterocycles. The number of ether oxygens (including phenoxy) is 1. The van der Waals surface area contributed by atoms with Crippen LogP contribution in [0.15, 0.2) is 30.7 Å². The Labute approximate surface area is 200 Å². The number of rotatable bonds is 6. The molecule has 0 atom stereocenters. The summed E-state index contributed by atoms with van der Waals surface area (Å²) in [4.78, 5) is 11.6. The molecular formula is C24H32N6O3S. The molecule has 0 radical (unpaired) electrons. The Morgan fingerprint density at radius 1 is 1.15 bits per heavy atom. The van der Waals surface area contributed by atoms with Crippen LogP contribution in [0.4, 0.5) is 0 Å². The highest BCUT2D eigenvalue weighted by Crippen LogP contribution is 2.38. The Morgan fingerprint density at radius 3 is 2.68 bits per heavy atom. The van der Waals surface area contributed by atoms with E-state index in [-0.39, 0.29) is 11.8 Å². The molecule has 9 nitrogen and oxygen atoms in total. The van der Waals surface area contributed by atoms with E-state index >= 15 is 0 Å². The smallest absolute Gasteiger partial charge is 0.178 e. The molecule has 2 aliphatic heterocycles. The molecule has 0 spiro atoms. The van der Waals surface area contributed by atoms with Gasteiger partial charge in [-0.3, -0.25) is 0 Å². The molecule has 34 heavy (non-hydrogen) atoms. The van der Waals surface area contributed by atoms with Crippen LogP contribution in [0.1, 0.15) is 44.2 Å². The van der Waals surface area contributed by atoms with Gasteiger partial charge in [0.2, 0.25) is 0 Å². The molecule has 0 saturated carbocycles. The molecular weight excluding hydrogens is 452 g/mol. The molecule has 0 N–H and O–H groups in total. The van der Waals surface area contributed by atoms with Gasteiger partial charge in [0.25, 0.3) is 0 Å². The Kier molecular flexibility index (Phi) is 6.20. The van der Waals surface area contributed by atoms with Gasteiger partial charge in [-0.1, -0.05) is 6.07 Å². The number of hydrogen-bond acceptors (Lipinski definition) is 7. The van der Waals surface area contributed by atoms with E-state index in [1.54, 1.807) is 6.33 Å². The number of fused-ring (bicyclic) bond motifs is 3. The highest BCUT2D eigenvalue weighted by molar-refractivity contribution is 7.90. The number of imidazole rings is 1. The maximum absolute atomic E-state index is 11.5. The molecule has 5 rings (SSSR count). The van der Waals surface area contributed by atoms with Crippen molar-refractivity contribution in [1.29, 1.82) is 0 Å². The molecule has 0 unspecified atom stereocenters. The van der Waals surface area contributed by atoms with Crippen molar-refractivity contribution >= 4 is 9.84 Å². The molecule has 182 valence electrons. The Morgan fingerprint density at radius 2 is 1.94 bits per heavy atom. The van der Waals surface area contributed by atoms with Crippen LogP contribution in [-0.2, 0) is 16.4 Å². The van der Waals surface area contributed by atoms with E-state index in [2.05, 4.69) is 51.6 Å². The molecule has 0 aliphatic carbocycles. The van der Waals surface area contributed by atoms with Crippen LogP contribution in [0.25, 0.3) is 22.9 Å². The summed E-state index contributed by atoms with van der Waals surface area (Å²) in [7, 11) is -2.92. The number of hydrogen-bond donors (Lipinski definition) is 0. The summed E-state index contributed by atoms with van der Waals surface area (Å²) in [6, 6.07) is 6.70. The van der Waals surface area contributed by atoms with Gasteiger partial charge in [-0.25, -0.2) is 23.1 Å². The van der Waals surface area contributed by atoms with Crippen molar-refractivity contribution < 1.29 is 13.2 Å². The van der Waals surface area contributed by atoms with Crippen LogP contribution >= 0.6 is 0 Å². The number of piperidine rings is 1. The third-order valence-corrected chi connectivity index (χ3v) is 7.67. The monoisotopic (exact) mass is 484 g/mol. The van der Waals surface area contributed by atoms with Gasteiger partial charge in [-0.15, -0.1) is 0 Å². The Bertz CT molecular complexity index is 1270. The molecule has 1 saturated heterocycles. The van der Waals surface area contributed by atoms with Crippen LogP contribution in [0.5, 0.6) is 5.75 Å². The zero-order valence-corrected chi connectivity index (χ0v) is 20.8. The standard InChI is InChI=1S/C24H32N6O3S/c1-17(2)30-24(25-16-26-30)21-15-29-10-12-33-22-14-19(4-5-20(22)23(29)27-21)18-6-8-28(9-7-18)11-13-34(3,31)32/h4-5,14-18H,6-13H2,1-3H3. The number of benzene rings is 1. The van der Waals surface area contributed by atoms with E-state index in [0.29, 0.717) is 19.1 Å². The van der Waals surface area contributed by atoms with Crippen LogP contribution in [-0.4, -0.2) is 75.9 Å². The fourth-order valence-corrected chi connectivity index (χ4v) is 5.45. The Balaban J connectivity index is 1.35. The second-order valence-electron chi connectivity index (χ2n) is 9.61. The second-order valence-corrected chi connectivity index (χ2v) is 11.9. The Hall–Kier alpha value is -2.72. The fraction of sp³-hybridized carbons (Fsp3) is 0.542. The molecule has 1 fully saturated rings. The SMILES string of the molecule is CC(C)n1ncnc1-c1cn2c(n1)-c1ccc(C3CCN(CCS(C)(=O)=O)CC3)cc1OCC2. The number of nitrogens with zero attached hydrogens (tertiary/aromatic N) is 6. The van der Waals surface area contributed by atoms with Crippen molar-refractivity contribution in [3.8, 4) is 28.7 Å². The maximum atomic E-state index is 11.5. The maximum Gasteiger partial charge on any atom is 0.178 e. The lowest BCUT2D eigenvalue weighted by atomic mass is 9.88. The molecule has 10 heteroatoms. The average Bonchev–Trinajstić information content (AvgIpc) is 3.42. The predicted octanol–water partition coefficient (Wildman–Crippen LogP) is 3.01. The topological polar surface area (TPSA) is 95.1 Å². The molecule has 0 bridgehead atoms. The molecule has 1 aromatic carbocycles. The number of sulfone groups is 1. The van der Waals surface area contributed by atoms with Gasteiger partial charge in [0.05, 0.1) is 17.9 Å². The summed E-state index contributed by atoms with van der Waals surface area (Å²) in [5.41, 5.74) is 3.09. The second kappa shape index (κ2) is 9.14. The zero-order valence-electron chi connectivity index (χ0n) is 20.0. The fourth-order valence-electron chi connectivity index (χ4n) is 4.86. The van der Waals surface area contributed by atoms with E-state index in [1.807, 2.05) is 10.9 Å². The van der Waals surface area contributed by atoms with Gasteiger partial charge in [0, 0.05) is 25.0 Å². The predicted molar refractivity (Wildman–Crippen MR) is 131 cm³/mol. The number of likely N-dealkylation sites (tertiary alicyclic amines) is 1. The van der Waals surface area contributed by atoms with E-state index in [9.17, 15) is 8.42 Å². The average molecular weight is 485 g/mol. The van der Waals surface area contributed by atoms with Gasteiger partial charge in [0.15, 0.2) is 5.82 Å². The first-order valence-corrected chi connectivity index (χ1v) is 14.0. The van der Waals surface area contributed by atoms with Crippen LogP contribution in [0.3, 0.4) is 0 Å². The van der Waals surface area contributed by atoms with Gasteiger partial charge < -0.3 is 14.2 Å². The normalized spacial score (nSPS) is 17.3. The summed E-state index contributed by atoms with van der Waals surface area (Å²) >= 11 is 0. The quantitative estimate of drug-likeness (QED) is 0.531. The van der Waals surface area contributed by atoms with Crippen molar-refractivity contribution in [2.24, 2.45) is 0 Å². The molecule has 2 aliphatic rings. The van der Waals surface area contributed by atoms with Gasteiger partial charge in [0.1, 0.15) is 40.0 Å². The van der Waals surface area contributed by atoms with Gasteiger partial charge in [-0.05, 0) is 63.4 Å². The van der Waals surface area contributed by atoms with Crippen LogP contribution < -0.4 is 4.74 Å². The lowest BCUT2D eigenvalue weighted by Gasteiger charge is -2.32. The van der Waals surface area contributed by atoms with Crippen molar-refractivity contribution in [3.05, 3.63) is 36.3 Å². The number of aromatic nitrogens is 5. The summed E-state index contributed by atoms with van der Waals surface area (Å²) in [5, 5.41) is 4.35. The highest BCUT2D eigenvalue weighted by Gasteiger charge is 2.25. The zero-order chi connectivity index (χ0) is 23.9. The highest BCUT2D eigenvalue weighted by atomic mass is 32.2. The van der Waals surface area contributed by atoms with Gasteiger partial charge >= 0.3 is 0 Å². The minimum atomic E-state index is -2.92. The molecule has 2 aromatic heterocycles. The summed E-state index contributed by atoms with van der Waals surface area (Å²) < 4.78 is 33.1. The third kappa shape index (κ3) is 4.74. The lowest BCUT2D eigenvalue weighted by Crippen LogP contribution is -2.36. The van der Waals surface area contributed by atoms with Crippen LogP contribution in [0, 0.1) is 0 Å². The van der Waals surface area contributed by atoms with Crippen molar-refractivity contribution in [2.75, 3.05) is 38.2 Å². The van der Waals surface area contributed by atoms with E-state index in [0.717, 1.165) is 61.1 Å². The van der Waals surface area contributed by atoms with E-state index < -0.39 is 9.84 Å². The lowest BCUT2D eigenvalue weighted by molar-refractivity contribution is 0.223. The van der Waals surface area contributed by atoms with Crippen molar-refractivity contribution in [1.82, 2.24) is 29.2 Å².